The Balaban J connectivity index is 1.30. The van der Waals surface area contributed by atoms with Gasteiger partial charge in [-0.2, -0.15) is 0 Å². The van der Waals surface area contributed by atoms with Gasteiger partial charge in [-0.1, -0.05) is 23.8 Å². The molecule has 0 unspecified atom stereocenters. The van der Waals surface area contributed by atoms with Crippen LogP contribution in [-0.2, 0) is 19.2 Å². The van der Waals surface area contributed by atoms with E-state index in [0.29, 0.717) is 34.5 Å². The topological polar surface area (TPSA) is 129 Å². The summed E-state index contributed by atoms with van der Waals surface area (Å²) in [7, 11) is 0. The van der Waals surface area contributed by atoms with Gasteiger partial charge >= 0.3 is 0 Å². The summed E-state index contributed by atoms with van der Waals surface area (Å²) in [5.74, 6) is -5.39. The molecule has 4 amide bonds. The van der Waals surface area contributed by atoms with Crippen LogP contribution < -0.4 is 9.80 Å². The molecular weight excluding hydrogens is 584 g/mol. The number of hydrogen-bond donors (Lipinski definition) is 1. The largest absolute Gasteiger partial charge is 0.508 e. The first-order chi connectivity index (χ1) is 22.0. The van der Waals surface area contributed by atoms with E-state index in [1.54, 1.807) is 67.6 Å². The molecule has 7 rings (SSSR count). The SMILES string of the molecule is CC(=O)c1ccc(N2C(=O)[C@H]3[C@H](CC=C4[C@H]3C[C@H]3C(=O)N(c5ccc(C(C)=O)cc5)C(=O)[C@H]3[C@H]4c3ccc(O)c(C)c3)C2=O)cc1. The summed E-state index contributed by atoms with van der Waals surface area (Å²) < 4.78 is 0. The molecule has 1 saturated carbocycles. The Morgan fingerprint density at radius 1 is 0.674 bits per heavy atom. The highest BCUT2D eigenvalue weighted by Gasteiger charge is 2.62. The first-order valence-corrected chi connectivity index (χ1v) is 15.4. The summed E-state index contributed by atoms with van der Waals surface area (Å²) in [6.45, 7) is 4.66. The van der Waals surface area contributed by atoms with Crippen LogP contribution in [0.4, 0.5) is 11.4 Å². The highest BCUT2D eigenvalue weighted by Crippen LogP contribution is 2.58. The number of imide groups is 2. The summed E-state index contributed by atoms with van der Waals surface area (Å²) >= 11 is 0. The number of amides is 4. The number of rotatable bonds is 5. The molecule has 2 saturated heterocycles. The Kier molecular flexibility index (Phi) is 6.88. The van der Waals surface area contributed by atoms with Crippen LogP contribution in [0, 0.1) is 36.5 Å². The predicted molar refractivity (Wildman–Crippen MR) is 168 cm³/mol. The van der Waals surface area contributed by atoms with Crippen LogP contribution in [-0.4, -0.2) is 40.3 Å². The number of phenols is 1. The van der Waals surface area contributed by atoms with Gasteiger partial charge < -0.3 is 5.11 Å². The van der Waals surface area contributed by atoms with Crippen LogP contribution >= 0.6 is 0 Å². The summed E-state index contributed by atoms with van der Waals surface area (Å²) in [6.07, 6.45) is 2.52. The zero-order valence-electron chi connectivity index (χ0n) is 25.6. The molecule has 2 aliphatic carbocycles. The third kappa shape index (κ3) is 4.36. The minimum Gasteiger partial charge on any atom is -0.508 e. The second-order valence-corrected chi connectivity index (χ2v) is 12.8. The van der Waals surface area contributed by atoms with Gasteiger partial charge in [0, 0.05) is 17.0 Å². The highest BCUT2D eigenvalue weighted by molar-refractivity contribution is 6.24. The van der Waals surface area contributed by atoms with Gasteiger partial charge in [-0.15, -0.1) is 0 Å². The van der Waals surface area contributed by atoms with Crippen LogP contribution in [0.3, 0.4) is 0 Å². The molecule has 4 aliphatic rings. The molecule has 46 heavy (non-hydrogen) atoms. The summed E-state index contributed by atoms with van der Waals surface area (Å²) in [4.78, 5) is 82.4. The van der Waals surface area contributed by atoms with E-state index in [2.05, 4.69) is 0 Å². The first kappa shape index (κ1) is 29.5. The average Bonchev–Trinajstić information content (AvgIpc) is 3.45. The van der Waals surface area contributed by atoms with Crippen molar-refractivity contribution >= 4 is 46.6 Å². The fourth-order valence-electron chi connectivity index (χ4n) is 8.03. The lowest BCUT2D eigenvalue weighted by Gasteiger charge is -2.44. The number of fused-ring (bicyclic) bond motifs is 4. The van der Waals surface area contributed by atoms with Crippen LogP contribution in [0.1, 0.15) is 64.4 Å². The van der Waals surface area contributed by atoms with Crippen molar-refractivity contribution in [2.45, 2.75) is 39.5 Å². The van der Waals surface area contributed by atoms with Gasteiger partial charge in [0.25, 0.3) is 0 Å². The molecule has 3 fully saturated rings. The maximum absolute atomic E-state index is 14.2. The first-order valence-electron chi connectivity index (χ1n) is 15.4. The lowest BCUT2D eigenvalue weighted by atomic mass is 9.57. The van der Waals surface area contributed by atoms with Crippen molar-refractivity contribution in [3.63, 3.8) is 0 Å². The lowest BCUT2D eigenvalue weighted by molar-refractivity contribution is -0.126. The number of nitrogens with zero attached hydrogens (tertiary/aromatic N) is 2. The molecule has 0 spiro atoms. The maximum Gasteiger partial charge on any atom is 0.238 e. The van der Waals surface area contributed by atoms with Crippen molar-refractivity contribution in [2.75, 3.05) is 9.80 Å². The van der Waals surface area contributed by atoms with E-state index in [4.69, 9.17) is 0 Å². The summed E-state index contributed by atoms with van der Waals surface area (Å²) in [6, 6.07) is 17.9. The molecule has 0 radical (unpaired) electrons. The lowest BCUT2D eigenvalue weighted by Crippen LogP contribution is -2.43. The number of hydrogen-bond acceptors (Lipinski definition) is 7. The number of allylic oxidation sites excluding steroid dienone is 2. The number of ketones is 2. The van der Waals surface area contributed by atoms with E-state index in [-0.39, 0.29) is 47.4 Å². The van der Waals surface area contributed by atoms with Crippen molar-refractivity contribution in [3.8, 4) is 5.75 Å². The van der Waals surface area contributed by atoms with Crippen LogP contribution in [0.25, 0.3) is 0 Å². The molecule has 0 aromatic heterocycles. The standard InChI is InChI=1S/C37H32N2O7/c1-18-16-23(8-15-30(18)42)31-26-13-14-27-32(36(45)38(34(27)43)24-9-4-21(5-10-24)19(2)40)28(26)17-29-33(31)37(46)39(35(29)44)25-11-6-22(7-12-25)20(3)41/h4-13,15-16,27-29,31-33,42H,14,17H2,1-3H3/t27-,28+,29+,31-,32-,33+/m0/s1. The Labute approximate surface area is 265 Å². The van der Waals surface area contributed by atoms with Crippen LogP contribution in [0.5, 0.6) is 5.75 Å². The number of carbonyl (C=O) groups excluding carboxylic acids is 6. The molecule has 1 N–H and O–H groups in total. The monoisotopic (exact) mass is 616 g/mol. The van der Waals surface area contributed by atoms with Crippen molar-refractivity contribution in [1.82, 2.24) is 0 Å². The van der Waals surface area contributed by atoms with E-state index in [9.17, 15) is 33.9 Å². The highest BCUT2D eigenvalue weighted by atomic mass is 16.3. The fraction of sp³-hybridized carbons (Fsp3) is 0.297. The van der Waals surface area contributed by atoms with E-state index in [0.717, 1.165) is 11.1 Å². The summed E-state index contributed by atoms with van der Waals surface area (Å²) in [5.41, 5.74) is 3.93. The van der Waals surface area contributed by atoms with Crippen LogP contribution in [0.15, 0.2) is 78.4 Å². The van der Waals surface area contributed by atoms with Gasteiger partial charge in [0.15, 0.2) is 11.6 Å². The molecule has 2 heterocycles. The predicted octanol–water partition coefficient (Wildman–Crippen LogP) is 5.15. The van der Waals surface area contributed by atoms with Crippen LogP contribution in [0.2, 0.25) is 0 Å². The fourth-order valence-corrected chi connectivity index (χ4v) is 8.03. The quantitative estimate of drug-likeness (QED) is 0.238. The number of aryl methyl sites for hydroxylation is 1. The zero-order valence-corrected chi connectivity index (χ0v) is 25.6. The van der Waals surface area contributed by atoms with E-state index in [1.165, 1.54) is 23.6 Å². The third-order valence-corrected chi connectivity index (χ3v) is 10.3. The number of carbonyl (C=O) groups is 6. The van der Waals surface area contributed by atoms with Crippen molar-refractivity contribution in [3.05, 3.63) is 101 Å². The minimum atomic E-state index is -0.745. The molecule has 3 aromatic carbocycles. The molecule has 3 aromatic rings. The van der Waals surface area contributed by atoms with Gasteiger partial charge in [0.2, 0.25) is 23.6 Å². The van der Waals surface area contributed by atoms with Gasteiger partial charge in [-0.05, 0) is 105 Å². The minimum absolute atomic E-state index is 0.106. The molecule has 2 aliphatic heterocycles. The van der Waals surface area contributed by atoms with E-state index < -0.39 is 35.5 Å². The second kappa shape index (κ2) is 10.7. The van der Waals surface area contributed by atoms with Gasteiger partial charge in [0.1, 0.15) is 5.75 Å². The Morgan fingerprint density at radius 3 is 1.72 bits per heavy atom. The number of benzene rings is 3. The van der Waals surface area contributed by atoms with E-state index >= 15 is 0 Å². The second-order valence-electron chi connectivity index (χ2n) is 12.8. The molecule has 9 nitrogen and oxygen atoms in total. The molecule has 6 atom stereocenters. The number of Topliss-reactive ketones (excluding diaryl/α,β-unsaturated/α-hetero) is 2. The van der Waals surface area contributed by atoms with Gasteiger partial charge in [-0.3, -0.25) is 38.6 Å². The van der Waals surface area contributed by atoms with Gasteiger partial charge in [0.05, 0.1) is 35.0 Å². The number of aromatic hydroxyl groups is 1. The molecule has 9 heteroatoms. The third-order valence-electron chi connectivity index (χ3n) is 10.3. The molecule has 0 bridgehead atoms. The Morgan fingerprint density at radius 2 is 1.20 bits per heavy atom. The number of anilines is 2. The smallest absolute Gasteiger partial charge is 0.238 e. The molecular formula is C37H32N2O7. The van der Waals surface area contributed by atoms with Crippen molar-refractivity contribution in [1.29, 1.82) is 0 Å². The summed E-state index contributed by atoms with van der Waals surface area (Å²) in [5, 5.41) is 10.3. The zero-order chi connectivity index (χ0) is 32.6. The van der Waals surface area contributed by atoms with Gasteiger partial charge in [-0.25, -0.2) is 0 Å². The maximum atomic E-state index is 14.2. The average molecular weight is 617 g/mol. The molecule has 232 valence electrons. The normalized spacial score (nSPS) is 26.9. The Bertz CT molecular complexity index is 1890. The van der Waals surface area contributed by atoms with Crippen molar-refractivity contribution in [2.24, 2.45) is 29.6 Å². The number of phenolic OH excluding ortho intramolecular Hbond substituents is 1. The Hall–Kier alpha value is -5.18. The van der Waals surface area contributed by atoms with E-state index in [1.807, 2.05) is 12.1 Å². The van der Waals surface area contributed by atoms with Crippen molar-refractivity contribution < 1.29 is 33.9 Å².